The number of hydrogen-bond acceptors (Lipinski definition) is 5. The first-order valence-electron chi connectivity index (χ1n) is 10.1. The van der Waals surface area contributed by atoms with Crippen molar-refractivity contribution in [2.75, 3.05) is 5.32 Å². The first-order chi connectivity index (χ1) is 16.0. The van der Waals surface area contributed by atoms with Gasteiger partial charge in [0.05, 0.1) is 27.8 Å². The summed E-state index contributed by atoms with van der Waals surface area (Å²) >= 11 is 8.50. The van der Waals surface area contributed by atoms with E-state index < -0.39 is 0 Å². The lowest BCUT2D eigenvalue weighted by Crippen LogP contribution is -2.23. The monoisotopic (exact) mass is 570 g/mol. The average Bonchev–Trinajstić information content (AvgIpc) is 3.23. The summed E-state index contributed by atoms with van der Waals surface area (Å²) in [7, 11) is 0. The second kappa shape index (κ2) is 8.95. The Morgan fingerprint density at radius 1 is 1.09 bits per heavy atom. The van der Waals surface area contributed by atoms with Gasteiger partial charge in [0.2, 0.25) is 11.8 Å². The number of carbonyl (C=O) groups excluding carboxylic acids is 1. The van der Waals surface area contributed by atoms with Crippen LogP contribution in [0.1, 0.15) is 6.42 Å². The molecule has 0 radical (unpaired) electrons. The zero-order valence-electron chi connectivity index (χ0n) is 17.1. The number of para-hydroxylation sites is 1. The number of anilines is 1. The SMILES string of the molecule is O=C(CCn1cnc2ccccc2c1=O)Nc1ccc2nc(-c3cc(I)ccc3Cl)oc2c1. The predicted octanol–water partition coefficient (Wildman–Crippen LogP) is 5.49. The molecular weight excluding hydrogens is 555 g/mol. The Hall–Kier alpha value is -3.24. The molecule has 2 aromatic heterocycles. The third-order valence-electron chi connectivity index (χ3n) is 5.14. The van der Waals surface area contributed by atoms with Crippen molar-refractivity contribution in [3.8, 4) is 11.5 Å². The molecule has 1 amide bonds. The van der Waals surface area contributed by atoms with Crippen molar-refractivity contribution in [3.05, 3.63) is 85.9 Å². The molecule has 0 bridgehead atoms. The van der Waals surface area contributed by atoms with Gasteiger partial charge in [-0.05, 0) is 65.1 Å². The van der Waals surface area contributed by atoms with E-state index in [1.54, 1.807) is 42.5 Å². The molecule has 0 aliphatic heterocycles. The van der Waals surface area contributed by atoms with Crippen LogP contribution in [0.3, 0.4) is 0 Å². The van der Waals surface area contributed by atoms with E-state index in [9.17, 15) is 9.59 Å². The second-order valence-corrected chi connectivity index (χ2v) is 9.04. The Kier molecular flexibility index (Phi) is 5.86. The van der Waals surface area contributed by atoms with Gasteiger partial charge in [-0.25, -0.2) is 9.97 Å². The highest BCUT2D eigenvalue weighted by atomic mass is 127. The maximum Gasteiger partial charge on any atom is 0.261 e. The lowest BCUT2D eigenvalue weighted by Gasteiger charge is -2.07. The summed E-state index contributed by atoms with van der Waals surface area (Å²) in [5.41, 5.74) is 2.94. The van der Waals surface area contributed by atoms with Gasteiger partial charge in [-0.15, -0.1) is 0 Å². The number of benzene rings is 3. The number of amides is 1. The summed E-state index contributed by atoms with van der Waals surface area (Å²) in [5.74, 6) is 0.190. The summed E-state index contributed by atoms with van der Waals surface area (Å²) in [4.78, 5) is 33.8. The molecule has 0 aliphatic rings. The number of halogens is 2. The van der Waals surface area contributed by atoms with Gasteiger partial charge in [0.25, 0.3) is 5.56 Å². The topological polar surface area (TPSA) is 90.0 Å². The largest absolute Gasteiger partial charge is 0.436 e. The molecule has 0 atom stereocenters. The van der Waals surface area contributed by atoms with Crippen LogP contribution in [0, 0.1) is 3.57 Å². The summed E-state index contributed by atoms with van der Waals surface area (Å²) in [5, 5.41) is 3.92. The maximum atomic E-state index is 12.6. The quantitative estimate of drug-likeness (QED) is 0.282. The fourth-order valence-corrected chi connectivity index (χ4v) is 4.18. The highest BCUT2D eigenvalue weighted by molar-refractivity contribution is 14.1. The zero-order chi connectivity index (χ0) is 22.9. The Balaban J connectivity index is 1.31. The Morgan fingerprint density at radius 2 is 1.94 bits per heavy atom. The molecule has 7 nitrogen and oxygen atoms in total. The van der Waals surface area contributed by atoms with E-state index in [0.717, 1.165) is 3.57 Å². The summed E-state index contributed by atoms with van der Waals surface area (Å²) < 4.78 is 8.35. The van der Waals surface area contributed by atoms with E-state index in [2.05, 4.69) is 37.9 Å². The van der Waals surface area contributed by atoms with Gasteiger partial charge < -0.3 is 9.73 Å². The molecule has 0 saturated heterocycles. The third-order valence-corrected chi connectivity index (χ3v) is 6.14. The standard InChI is InChI=1S/C24H16ClIN4O3/c25-18-7-5-14(26)11-17(18)23-29-20-8-6-15(12-21(20)33-23)28-22(31)9-10-30-13-27-19-4-2-1-3-16(19)24(30)32/h1-8,11-13H,9-10H2,(H,28,31). The van der Waals surface area contributed by atoms with Crippen LogP contribution < -0.4 is 10.9 Å². The van der Waals surface area contributed by atoms with Gasteiger partial charge in [0.15, 0.2) is 5.58 Å². The highest BCUT2D eigenvalue weighted by Gasteiger charge is 2.13. The minimum absolute atomic E-state index is 0.123. The second-order valence-electron chi connectivity index (χ2n) is 7.38. The van der Waals surface area contributed by atoms with E-state index in [-0.39, 0.29) is 24.4 Å². The predicted molar refractivity (Wildman–Crippen MR) is 136 cm³/mol. The molecule has 0 fully saturated rings. The van der Waals surface area contributed by atoms with Crippen LogP contribution in [0.2, 0.25) is 5.02 Å². The number of nitrogens with zero attached hydrogens (tertiary/aromatic N) is 3. The lowest BCUT2D eigenvalue weighted by atomic mass is 10.2. The molecule has 33 heavy (non-hydrogen) atoms. The maximum absolute atomic E-state index is 12.6. The number of aryl methyl sites for hydroxylation is 1. The van der Waals surface area contributed by atoms with E-state index >= 15 is 0 Å². The van der Waals surface area contributed by atoms with Crippen LogP contribution in [0.4, 0.5) is 5.69 Å². The number of oxazole rings is 1. The first-order valence-corrected chi connectivity index (χ1v) is 11.5. The molecule has 164 valence electrons. The summed E-state index contributed by atoms with van der Waals surface area (Å²) in [6, 6.07) is 18.0. The molecule has 0 aliphatic carbocycles. The van der Waals surface area contributed by atoms with Gasteiger partial charge in [-0.1, -0.05) is 23.7 Å². The van der Waals surface area contributed by atoms with Crippen molar-refractivity contribution in [2.24, 2.45) is 0 Å². The van der Waals surface area contributed by atoms with Crippen LogP contribution in [-0.2, 0) is 11.3 Å². The molecule has 9 heteroatoms. The van der Waals surface area contributed by atoms with Crippen LogP contribution >= 0.6 is 34.2 Å². The fourth-order valence-electron chi connectivity index (χ4n) is 3.49. The summed E-state index contributed by atoms with van der Waals surface area (Å²) in [6.45, 7) is 0.225. The number of fused-ring (bicyclic) bond motifs is 2. The van der Waals surface area contributed by atoms with Gasteiger partial charge in [-0.3, -0.25) is 14.2 Å². The summed E-state index contributed by atoms with van der Waals surface area (Å²) in [6.07, 6.45) is 1.59. The van der Waals surface area contributed by atoms with E-state index in [4.69, 9.17) is 16.0 Å². The Morgan fingerprint density at radius 3 is 2.82 bits per heavy atom. The molecule has 5 aromatic rings. The minimum Gasteiger partial charge on any atom is -0.436 e. The van der Waals surface area contributed by atoms with Crippen molar-refractivity contribution < 1.29 is 9.21 Å². The minimum atomic E-state index is -0.227. The molecular formula is C24H16ClIN4O3. The molecule has 1 N–H and O–H groups in total. The Labute approximate surface area is 206 Å². The van der Waals surface area contributed by atoms with Crippen molar-refractivity contribution in [2.45, 2.75) is 13.0 Å². The highest BCUT2D eigenvalue weighted by Crippen LogP contribution is 2.32. The van der Waals surface area contributed by atoms with E-state index in [0.29, 0.717) is 44.2 Å². The number of carbonyl (C=O) groups is 1. The van der Waals surface area contributed by atoms with Crippen LogP contribution in [0.25, 0.3) is 33.5 Å². The zero-order valence-corrected chi connectivity index (χ0v) is 20.0. The average molecular weight is 571 g/mol. The van der Waals surface area contributed by atoms with Crippen LogP contribution in [-0.4, -0.2) is 20.4 Å². The van der Waals surface area contributed by atoms with E-state index in [1.807, 2.05) is 18.2 Å². The van der Waals surface area contributed by atoms with Crippen molar-refractivity contribution in [3.63, 3.8) is 0 Å². The van der Waals surface area contributed by atoms with Crippen molar-refractivity contribution >= 4 is 67.8 Å². The third kappa shape index (κ3) is 4.49. The number of rotatable bonds is 5. The number of hydrogen-bond donors (Lipinski definition) is 1. The van der Waals surface area contributed by atoms with Gasteiger partial charge in [-0.2, -0.15) is 0 Å². The Bertz CT molecular complexity index is 1580. The van der Waals surface area contributed by atoms with Crippen LogP contribution in [0.5, 0.6) is 0 Å². The molecule has 0 saturated carbocycles. The van der Waals surface area contributed by atoms with Gasteiger partial charge in [0, 0.05) is 28.3 Å². The molecule has 0 unspecified atom stereocenters. The smallest absolute Gasteiger partial charge is 0.261 e. The van der Waals surface area contributed by atoms with E-state index in [1.165, 1.54) is 10.9 Å². The first kappa shape index (κ1) is 21.6. The number of aromatic nitrogens is 3. The van der Waals surface area contributed by atoms with Crippen LogP contribution in [0.15, 0.2) is 76.2 Å². The van der Waals surface area contributed by atoms with Gasteiger partial charge in [0.1, 0.15) is 5.52 Å². The molecule has 3 aromatic carbocycles. The number of nitrogens with one attached hydrogen (secondary N) is 1. The normalized spacial score (nSPS) is 11.2. The van der Waals surface area contributed by atoms with Crippen molar-refractivity contribution in [1.29, 1.82) is 0 Å². The lowest BCUT2D eigenvalue weighted by molar-refractivity contribution is -0.116. The molecule has 2 heterocycles. The molecule has 5 rings (SSSR count). The fraction of sp³-hybridized carbons (Fsp3) is 0.0833. The van der Waals surface area contributed by atoms with Gasteiger partial charge >= 0.3 is 0 Å². The molecule has 0 spiro atoms. The van der Waals surface area contributed by atoms with Crippen molar-refractivity contribution in [1.82, 2.24) is 14.5 Å².